The second-order valence-electron chi connectivity index (χ2n) is 6.96. The molecule has 2 aromatic carbocycles. The average molecular weight is 505 g/mol. The number of sulfonamides is 1. The van der Waals surface area contributed by atoms with Crippen molar-refractivity contribution in [2.24, 2.45) is 5.14 Å². The Labute approximate surface area is 190 Å². The van der Waals surface area contributed by atoms with E-state index >= 15 is 0 Å². The van der Waals surface area contributed by atoms with Gasteiger partial charge in [0.05, 0.1) is 12.0 Å². The number of nitrogens with two attached hydrogens (primary N) is 1. The van der Waals surface area contributed by atoms with Crippen LogP contribution in [0.15, 0.2) is 53.4 Å². The molecular formula is C21H17F6N3O3S. The molecule has 0 aliphatic rings. The maximum atomic E-state index is 14.8. The molecule has 0 saturated heterocycles. The number of methoxy groups -OCH3 is 1. The van der Waals surface area contributed by atoms with Crippen LogP contribution in [0.25, 0.3) is 28.6 Å². The fourth-order valence-electron chi connectivity index (χ4n) is 3.31. The lowest BCUT2D eigenvalue weighted by Crippen LogP contribution is -2.35. The van der Waals surface area contributed by atoms with Gasteiger partial charge in [-0.2, -0.15) is 27.1 Å². The van der Waals surface area contributed by atoms with Crippen molar-refractivity contribution in [2.75, 3.05) is 7.11 Å². The van der Waals surface area contributed by atoms with Crippen molar-refractivity contribution >= 4 is 16.2 Å². The van der Waals surface area contributed by atoms with Crippen molar-refractivity contribution in [3.63, 3.8) is 0 Å². The maximum absolute atomic E-state index is 14.8. The molecule has 182 valence electrons. The zero-order valence-electron chi connectivity index (χ0n) is 17.6. The van der Waals surface area contributed by atoms with Gasteiger partial charge >= 0.3 is 12.1 Å². The van der Waals surface area contributed by atoms with Gasteiger partial charge in [0.15, 0.2) is 11.6 Å². The first-order valence-electron chi connectivity index (χ1n) is 9.40. The van der Waals surface area contributed by atoms with Gasteiger partial charge in [-0.3, -0.25) is 0 Å². The minimum atomic E-state index is -6.05. The maximum Gasteiger partial charge on any atom is 0.459 e. The fourth-order valence-corrected chi connectivity index (χ4v) is 4.05. The third kappa shape index (κ3) is 4.40. The standard InChI is InChI=1S/C21H17F6N3O3S/c1-3-10-30-19(20(23,24)21(25,26)27)17(12-8-9-15(33-2)14(22)11-12)18(29-30)13-6-4-5-7-16(13)34(28,31)32/h3-11H,1-2H3,(H2,28,31,32). The van der Waals surface area contributed by atoms with Crippen LogP contribution >= 0.6 is 0 Å². The lowest BCUT2D eigenvalue weighted by Gasteiger charge is -2.21. The van der Waals surface area contributed by atoms with Crippen LogP contribution in [0, 0.1) is 5.82 Å². The molecule has 0 amide bonds. The van der Waals surface area contributed by atoms with Crippen LogP contribution in [0.1, 0.15) is 12.6 Å². The van der Waals surface area contributed by atoms with Crippen LogP contribution in [0.3, 0.4) is 0 Å². The SMILES string of the molecule is CC=Cn1nc(-c2ccccc2S(N)(=O)=O)c(-c2ccc(OC)c(F)c2)c1C(F)(F)C(F)(F)F. The van der Waals surface area contributed by atoms with E-state index in [4.69, 9.17) is 9.88 Å². The van der Waals surface area contributed by atoms with Crippen molar-refractivity contribution in [3.05, 3.63) is 60.1 Å². The molecule has 0 aliphatic heterocycles. The Bertz CT molecular complexity index is 1360. The topological polar surface area (TPSA) is 87.2 Å². The first kappa shape index (κ1) is 25.3. The molecule has 1 aromatic heterocycles. The Balaban J connectivity index is 2.55. The minimum absolute atomic E-state index is 0.278. The lowest BCUT2D eigenvalue weighted by molar-refractivity contribution is -0.291. The van der Waals surface area contributed by atoms with E-state index in [-0.39, 0.29) is 16.0 Å². The monoisotopic (exact) mass is 505 g/mol. The Morgan fingerprint density at radius 1 is 1.09 bits per heavy atom. The molecule has 6 nitrogen and oxygen atoms in total. The highest BCUT2D eigenvalue weighted by molar-refractivity contribution is 7.89. The van der Waals surface area contributed by atoms with Gasteiger partial charge in [0.2, 0.25) is 10.0 Å². The summed E-state index contributed by atoms with van der Waals surface area (Å²) in [7, 11) is -3.31. The van der Waals surface area contributed by atoms with Crippen molar-refractivity contribution in [2.45, 2.75) is 23.9 Å². The van der Waals surface area contributed by atoms with Crippen molar-refractivity contribution in [3.8, 4) is 28.1 Å². The molecule has 0 spiro atoms. The van der Waals surface area contributed by atoms with Crippen LogP contribution in [-0.4, -0.2) is 31.5 Å². The molecule has 0 unspecified atom stereocenters. The average Bonchev–Trinajstić information content (AvgIpc) is 3.12. The molecule has 0 aliphatic carbocycles. The normalized spacial score (nSPS) is 13.0. The fraction of sp³-hybridized carbons (Fsp3) is 0.190. The highest BCUT2D eigenvalue weighted by Crippen LogP contribution is 2.50. The van der Waals surface area contributed by atoms with E-state index in [0.29, 0.717) is 6.07 Å². The number of hydrogen-bond donors (Lipinski definition) is 1. The summed E-state index contributed by atoms with van der Waals surface area (Å²) in [5, 5.41) is 9.07. The minimum Gasteiger partial charge on any atom is -0.494 e. The summed E-state index contributed by atoms with van der Waals surface area (Å²) in [4.78, 5) is -0.572. The second kappa shape index (κ2) is 8.80. The highest BCUT2D eigenvalue weighted by Gasteiger charge is 2.62. The van der Waals surface area contributed by atoms with E-state index < -0.39 is 55.3 Å². The molecule has 2 N–H and O–H groups in total. The Morgan fingerprint density at radius 3 is 2.26 bits per heavy atom. The molecule has 34 heavy (non-hydrogen) atoms. The number of aromatic nitrogens is 2. The largest absolute Gasteiger partial charge is 0.494 e. The first-order valence-corrected chi connectivity index (χ1v) is 10.9. The van der Waals surface area contributed by atoms with E-state index in [1.54, 1.807) is 0 Å². The van der Waals surface area contributed by atoms with Gasteiger partial charge < -0.3 is 4.74 Å². The van der Waals surface area contributed by atoms with Crippen LogP contribution < -0.4 is 9.88 Å². The van der Waals surface area contributed by atoms with E-state index in [2.05, 4.69) is 5.10 Å². The summed E-state index contributed by atoms with van der Waals surface area (Å²) >= 11 is 0. The zero-order chi connectivity index (χ0) is 25.5. The molecule has 0 bridgehead atoms. The molecule has 0 atom stereocenters. The number of hydrogen-bond acceptors (Lipinski definition) is 4. The Morgan fingerprint density at radius 2 is 1.74 bits per heavy atom. The van der Waals surface area contributed by atoms with Gasteiger partial charge in [-0.15, -0.1) is 0 Å². The van der Waals surface area contributed by atoms with Gasteiger partial charge in [-0.05, 0) is 30.7 Å². The lowest BCUT2D eigenvalue weighted by atomic mass is 9.96. The number of alkyl halides is 5. The van der Waals surface area contributed by atoms with E-state index in [9.17, 15) is 34.8 Å². The first-order chi connectivity index (χ1) is 15.7. The quantitative estimate of drug-likeness (QED) is 0.469. The number of primary sulfonamides is 1. The second-order valence-corrected chi connectivity index (χ2v) is 8.49. The molecule has 3 aromatic rings. The Kier molecular flexibility index (Phi) is 6.55. The van der Waals surface area contributed by atoms with Crippen LogP contribution in [0.4, 0.5) is 26.3 Å². The molecule has 3 rings (SSSR count). The van der Waals surface area contributed by atoms with Crippen LogP contribution in [0.2, 0.25) is 0 Å². The molecule has 13 heteroatoms. The Hall–Kier alpha value is -3.32. The summed E-state index contributed by atoms with van der Waals surface area (Å²) in [5.74, 6) is -6.80. The summed E-state index contributed by atoms with van der Waals surface area (Å²) < 4.78 is 114. The van der Waals surface area contributed by atoms with Crippen LogP contribution in [0.5, 0.6) is 5.75 Å². The van der Waals surface area contributed by atoms with Gasteiger partial charge in [0.1, 0.15) is 11.4 Å². The molecule has 0 saturated carbocycles. The number of rotatable bonds is 6. The number of nitrogens with zero attached hydrogens (tertiary/aromatic N) is 2. The van der Waals surface area contributed by atoms with Crippen molar-refractivity contribution in [1.82, 2.24) is 9.78 Å². The molecule has 0 radical (unpaired) electrons. The molecule has 1 heterocycles. The van der Waals surface area contributed by atoms with E-state index in [1.165, 1.54) is 19.1 Å². The van der Waals surface area contributed by atoms with E-state index in [1.807, 2.05) is 0 Å². The van der Waals surface area contributed by atoms with E-state index in [0.717, 1.165) is 43.7 Å². The predicted molar refractivity (Wildman–Crippen MR) is 112 cm³/mol. The van der Waals surface area contributed by atoms with Crippen molar-refractivity contribution < 1.29 is 39.5 Å². The zero-order valence-corrected chi connectivity index (χ0v) is 18.4. The summed E-state index contributed by atoms with van der Waals surface area (Å²) in [6.07, 6.45) is -4.07. The highest BCUT2D eigenvalue weighted by atomic mass is 32.2. The van der Waals surface area contributed by atoms with Gasteiger partial charge in [-0.25, -0.2) is 22.6 Å². The number of allylic oxidation sites excluding steroid dienone is 1. The summed E-state index contributed by atoms with van der Waals surface area (Å²) in [6.45, 7) is 1.35. The van der Waals surface area contributed by atoms with Crippen molar-refractivity contribution in [1.29, 1.82) is 0 Å². The van der Waals surface area contributed by atoms with Gasteiger partial charge in [-0.1, -0.05) is 30.3 Å². The molecule has 0 fully saturated rings. The number of ether oxygens (including phenoxy) is 1. The smallest absolute Gasteiger partial charge is 0.459 e. The summed E-state index contributed by atoms with van der Waals surface area (Å²) in [5.41, 5.74) is -3.82. The third-order valence-corrected chi connectivity index (χ3v) is 5.71. The van der Waals surface area contributed by atoms with Crippen LogP contribution in [-0.2, 0) is 15.9 Å². The number of halogens is 6. The third-order valence-electron chi connectivity index (χ3n) is 4.74. The predicted octanol–water partition coefficient (Wildman–Crippen LogP) is 5.16. The van der Waals surface area contributed by atoms with Gasteiger partial charge in [0, 0.05) is 17.3 Å². The summed E-state index contributed by atoms with van der Waals surface area (Å²) in [6, 6.07) is 7.55. The number of benzene rings is 2. The van der Waals surface area contributed by atoms with Gasteiger partial charge in [0.25, 0.3) is 0 Å². The molecular weight excluding hydrogens is 488 g/mol.